The minimum atomic E-state index is -1.28. The number of aromatic nitrogens is 1. The SMILES string of the molecule is C[Si](C)(C)c1ccc(-c2ccc(-c3cccc(-c4ccc(-c5ccc6ccccc6n5)cc4)c3)cc2)cc1. The Hall–Kier alpha value is -4.27. The van der Waals surface area contributed by atoms with E-state index >= 15 is 0 Å². The number of fused-ring (bicyclic) bond motifs is 1. The third-order valence-corrected chi connectivity index (χ3v) is 9.34. The average molecular weight is 506 g/mol. The fourth-order valence-electron chi connectivity index (χ4n) is 4.96. The number of hydrogen-bond acceptors (Lipinski definition) is 1. The molecule has 0 amide bonds. The zero-order chi connectivity index (χ0) is 26.1. The van der Waals surface area contributed by atoms with Crippen molar-refractivity contribution in [2.75, 3.05) is 0 Å². The number of hydrogen-bond donors (Lipinski definition) is 0. The lowest BCUT2D eigenvalue weighted by molar-refractivity contribution is 1.40. The molecule has 0 aliphatic carbocycles. The van der Waals surface area contributed by atoms with E-state index in [1.54, 1.807) is 0 Å². The first kappa shape index (κ1) is 24.1. The highest BCUT2D eigenvalue weighted by molar-refractivity contribution is 6.88. The van der Waals surface area contributed by atoms with Gasteiger partial charge in [-0.1, -0.05) is 140 Å². The van der Waals surface area contributed by atoms with Crippen LogP contribution in [0.15, 0.2) is 133 Å². The summed E-state index contributed by atoms with van der Waals surface area (Å²) in [6, 6.07) is 48.1. The van der Waals surface area contributed by atoms with E-state index in [-0.39, 0.29) is 0 Å². The zero-order valence-electron chi connectivity index (χ0n) is 22.1. The van der Waals surface area contributed by atoms with E-state index in [0.29, 0.717) is 0 Å². The van der Waals surface area contributed by atoms with E-state index in [9.17, 15) is 0 Å². The van der Waals surface area contributed by atoms with E-state index in [0.717, 1.165) is 22.2 Å². The van der Waals surface area contributed by atoms with Gasteiger partial charge in [0, 0.05) is 10.9 Å². The van der Waals surface area contributed by atoms with Gasteiger partial charge in [0.2, 0.25) is 0 Å². The van der Waals surface area contributed by atoms with Crippen molar-refractivity contribution < 1.29 is 0 Å². The number of benzene rings is 5. The maximum absolute atomic E-state index is 4.85. The minimum absolute atomic E-state index is 0.999. The molecular formula is C36H31NSi. The maximum Gasteiger partial charge on any atom is 0.0775 e. The third kappa shape index (κ3) is 4.96. The maximum atomic E-state index is 4.85. The van der Waals surface area contributed by atoms with Gasteiger partial charge in [-0.15, -0.1) is 0 Å². The molecule has 6 rings (SSSR count). The van der Waals surface area contributed by atoms with Crippen LogP contribution >= 0.6 is 0 Å². The molecule has 38 heavy (non-hydrogen) atoms. The van der Waals surface area contributed by atoms with Crippen LogP contribution in [0.2, 0.25) is 19.6 Å². The molecule has 1 heterocycles. The monoisotopic (exact) mass is 505 g/mol. The van der Waals surface area contributed by atoms with Crippen molar-refractivity contribution in [1.82, 2.24) is 4.98 Å². The first-order valence-corrected chi connectivity index (χ1v) is 16.7. The van der Waals surface area contributed by atoms with Gasteiger partial charge in [0.05, 0.1) is 19.3 Å². The lowest BCUT2D eigenvalue weighted by Crippen LogP contribution is -2.37. The Morgan fingerprint density at radius 2 is 0.921 bits per heavy atom. The molecule has 0 atom stereocenters. The Morgan fingerprint density at radius 1 is 0.421 bits per heavy atom. The van der Waals surface area contributed by atoms with Gasteiger partial charge in [0.25, 0.3) is 0 Å². The summed E-state index contributed by atoms with van der Waals surface area (Å²) in [4.78, 5) is 4.85. The molecule has 184 valence electrons. The van der Waals surface area contributed by atoms with Crippen LogP contribution < -0.4 is 5.19 Å². The van der Waals surface area contributed by atoms with Crippen LogP contribution in [-0.4, -0.2) is 13.1 Å². The summed E-state index contributed by atoms with van der Waals surface area (Å²) in [5.74, 6) is 0. The number of pyridine rings is 1. The van der Waals surface area contributed by atoms with Crippen molar-refractivity contribution in [1.29, 1.82) is 0 Å². The van der Waals surface area contributed by atoms with E-state index in [4.69, 9.17) is 4.98 Å². The predicted octanol–water partition coefficient (Wildman–Crippen LogP) is 9.45. The molecule has 0 fully saturated rings. The van der Waals surface area contributed by atoms with Crippen molar-refractivity contribution >= 4 is 24.2 Å². The predicted molar refractivity (Wildman–Crippen MR) is 166 cm³/mol. The van der Waals surface area contributed by atoms with Gasteiger partial charge < -0.3 is 0 Å². The fraction of sp³-hybridized carbons (Fsp3) is 0.0833. The topological polar surface area (TPSA) is 12.9 Å². The highest BCUT2D eigenvalue weighted by atomic mass is 28.3. The standard InChI is InChI=1S/C36H31NSi/c1-38(2,3)34-22-19-27(20-23-34)26-11-13-28(14-12-26)32-8-6-9-33(25-32)29-15-17-31(18-16-29)36-24-21-30-7-4-5-10-35(30)37-36/h4-25H,1-3H3. The molecule has 6 aromatic rings. The van der Waals surface area contributed by atoms with Crippen LogP contribution in [0.4, 0.5) is 0 Å². The van der Waals surface area contributed by atoms with E-state index in [2.05, 4.69) is 141 Å². The van der Waals surface area contributed by atoms with Gasteiger partial charge in [-0.05, 0) is 51.6 Å². The van der Waals surface area contributed by atoms with Crippen molar-refractivity contribution in [2.45, 2.75) is 19.6 Å². The Bertz CT molecular complexity index is 1710. The molecule has 0 aliphatic rings. The summed E-state index contributed by atoms with van der Waals surface area (Å²) >= 11 is 0. The summed E-state index contributed by atoms with van der Waals surface area (Å²) in [5, 5.41) is 2.66. The molecule has 1 aromatic heterocycles. The fourth-order valence-corrected chi connectivity index (χ4v) is 6.12. The van der Waals surface area contributed by atoms with Crippen LogP contribution in [0.25, 0.3) is 55.5 Å². The molecule has 1 nitrogen and oxygen atoms in total. The van der Waals surface area contributed by atoms with Crippen molar-refractivity contribution in [3.8, 4) is 44.6 Å². The van der Waals surface area contributed by atoms with E-state index < -0.39 is 8.07 Å². The molecule has 0 unspecified atom stereocenters. The van der Waals surface area contributed by atoms with Gasteiger partial charge >= 0.3 is 0 Å². The second kappa shape index (κ2) is 9.89. The van der Waals surface area contributed by atoms with Gasteiger partial charge in [0.15, 0.2) is 0 Å². The van der Waals surface area contributed by atoms with Crippen molar-refractivity contribution in [3.63, 3.8) is 0 Å². The molecule has 0 aliphatic heterocycles. The van der Waals surface area contributed by atoms with Gasteiger partial charge in [-0.3, -0.25) is 0 Å². The first-order valence-electron chi connectivity index (χ1n) is 13.2. The Labute approximate surface area is 226 Å². The quantitative estimate of drug-likeness (QED) is 0.213. The van der Waals surface area contributed by atoms with Gasteiger partial charge in [-0.2, -0.15) is 0 Å². The van der Waals surface area contributed by atoms with E-state index in [1.165, 1.54) is 38.6 Å². The summed E-state index contributed by atoms with van der Waals surface area (Å²) < 4.78 is 0. The lowest BCUT2D eigenvalue weighted by atomic mass is 9.96. The molecule has 0 radical (unpaired) electrons. The molecule has 0 spiro atoms. The minimum Gasteiger partial charge on any atom is -0.248 e. The largest absolute Gasteiger partial charge is 0.248 e. The van der Waals surface area contributed by atoms with Crippen LogP contribution in [-0.2, 0) is 0 Å². The number of para-hydroxylation sites is 1. The number of nitrogens with zero attached hydrogens (tertiary/aromatic N) is 1. The molecule has 0 saturated carbocycles. The smallest absolute Gasteiger partial charge is 0.0775 e. The Morgan fingerprint density at radius 3 is 1.50 bits per heavy atom. The molecule has 5 aromatic carbocycles. The van der Waals surface area contributed by atoms with E-state index in [1.807, 2.05) is 12.1 Å². The lowest BCUT2D eigenvalue weighted by Gasteiger charge is -2.16. The van der Waals surface area contributed by atoms with Crippen LogP contribution in [0.1, 0.15) is 0 Å². The summed E-state index contributed by atoms with van der Waals surface area (Å²) in [7, 11) is -1.28. The first-order chi connectivity index (χ1) is 18.4. The second-order valence-corrected chi connectivity index (χ2v) is 16.0. The molecule has 0 saturated heterocycles. The Balaban J connectivity index is 1.23. The summed E-state index contributed by atoms with van der Waals surface area (Å²) in [6.07, 6.45) is 0. The van der Waals surface area contributed by atoms with Crippen LogP contribution in [0.3, 0.4) is 0 Å². The molecular weight excluding hydrogens is 474 g/mol. The second-order valence-electron chi connectivity index (χ2n) is 11.0. The van der Waals surface area contributed by atoms with Crippen molar-refractivity contribution in [2.24, 2.45) is 0 Å². The van der Waals surface area contributed by atoms with Crippen molar-refractivity contribution in [3.05, 3.63) is 133 Å². The molecule has 0 bridgehead atoms. The van der Waals surface area contributed by atoms with Gasteiger partial charge in [-0.25, -0.2) is 4.98 Å². The molecule has 2 heteroatoms. The Kier molecular flexibility index (Phi) is 6.27. The normalized spacial score (nSPS) is 11.6. The summed E-state index contributed by atoms with van der Waals surface area (Å²) in [5.41, 5.74) is 10.6. The van der Waals surface area contributed by atoms with Crippen LogP contribution in [0.5, 0.6) is 0 Å². The zero-order valence-corrected chi connectivity index (χ0v) is 23.1. The van der Waals surface area contributed by atoms with Gasteiger partial charge in [0.1, 0.15) is 0 Å². The average Bonchev–Trinajstić information content (AvgIpc) is 2.97. The highest BCUT2D eigenvalue weighted by Crippen LogP contribution is 2.30. The summed E-state index contributed by atoms with van der Waals surface area (Å²) in [6.45, 7) is 7.17. The third-order valence-electron chi connectivity index (χ3n) is 7.28. The molecule has 0 N–H and O–H groups in total. The van der Waals surface area contributed by atoms with Crippen LogP contribution in [0, 0.1) is 0 Å². The number of rotatable bonds is 5. The highest BCUT2D eigenvalue weighted by Gasteiger charge is 2.15.